The second-order valence-corrected chi connectivity index (χ2v) is 6.36. The van der Waals surface area contributed by atoms with Crippen LogP contribution in [0.1, 0.15) is 18.4 Å². The van der Waals surface area contributed by atoms with E-state index >= 15 is 0 Å². The van der Waals surface area contributed by atoms with Gasteiger partial charge in [-0.05, 0) is 51.2 Å². The zero-order chi connectivity index (χ0) is 14.2. The predicted molar refractivity (Wildman–Crippen MR) is 87.2 cm³/mol. The lowest BCUT2D eigenvalue weighted by Gasteiger charge is -2.28. The molecule has 0 fully saturated rings. The first kappa shape index (κ1) is 15.3. The molecule has 110 valence electrons. The molecule has 1 aromatic heterocycles. The summed E-state index contributed by atoms with van der Waals surface area (Å²) < 4.78 is 0. The van der Waals surface area contributed by atoms with Crippen LogP contribution in [-0.2, 0) is 6.54 Å². The van der Waals surface area contributed by atoms with E-state index in [0.29, 0.717) is 0 Å². The number of hydrogen-bond acceptors (Lipinski definition) is 5. The molecule has 0 unspecified atom stereocenters. The molecule has 5 heteroatoms. The van der Waals surface area contributed by atoms with Gasteiger partial charge in [0, 0.05) is 37.8 Å². The molecule has 0 aliphatic carbocycles. The fourth-order valence-corrected chi connectivity index (χ4v) is 3.15. The molecule has 0 radical (unpaired) electrons. The maximum atomic E-state index is 4.70. The molecule has 0 N–H and O–H groups in total. The highest BCUT2D eigenvalue weighted by molar-refractivity contribution is 8.13. The van der Waals surface area contributed by atoms with E-state index in [1.807, 2.05) is 24.2 Å². The number of hydrogen-bond donors (Lipinski definition) is 0. The molecule has 0 amide bonds. The summed E-state index contributed by atoms with van der Waals surface area (Å²) in [4.78, 5) is 13.4. The van der Waals surface area contributed by atoms with Crippen LogP contribution in [0.3, 0.4) is 0 Å². The van der Waals surface area contributed by atoms with Crippen LogP contribution in [0.4, 0.5) is 0 Å². The van der Waals surface area contributed by atoms with Crippen molar-refractivity contribution >= 4 is 16.9 Å². The van der Waals surface area contributed by atoms with Crippen molar-refractivity contribution in [2.24, 2.45) is 4.99 Å². The van der Waals surface area contributed by atoms with Crippen molar-refractivity contribution in [3.63, 3.8) is 0 Å². The third-order valence-electron chi connectivity index (χ3n) is 3.21. The van der Waals surface area contributed by atoms with Crippen LogP contribution < -0.4 is 0 Å². The van der Waals surface area contributed by atoms with E-state index < -0.39 is 0 Å². The third-order valence-corrected chi connectivity index (χ3v) is 4.35. The van der Waals surface area contributed by atoms with Gasteiger partial charge in [0.15, 0.2) is 5.17 Å². The molecule has 4 nitrogen and oxygen atoms in total. The van der Waals surface area contributed by atoms with Gasteiger partial charge in [-0.15, -0.1) is 0 Å². The molecule has 1 aliphatic rings. The molecule has 1 aromatic rings. The Labute approximate surface area is 126 Å². The van der Waals surface area contributed by atoms with Gasteiger partial charge in [-0.2, -0.15) is 0 Å². The summed E-state index contributed by atoms with van der Waals surface area (Å²) >= 11 is 1.90. The molecule has 0 atom stereocenters. The summed E-state index contributed by atoms with van der Waals surface area (Å²) in [5, 5.41) is 1.21. The van der Waals surface area contributed by atoms with Crippen molar-refractivity contribution in [3.8, 4) is 0 Å². The number of rotatable bonds is 6. The van der Waals surface area contributed by atoms with Crippen LogP contribution in [-0.4, -0.2) is 59.4 Å². The molecule has 2 rings (SSSR count). The second kappa shape index (κ2) is 8.27. The van der Waals surface area contributed by atoms with Crippen LogP contribution in [0.5, 0.6) is 0 Å². The van der Waals surface area contributed by atoms with E-state index in [0.717, 1.165) is 32.6 Å². The molecule has 0 spiro atoms. The topological polar surface area (TPSA) is 31.7 Å². The smallest absolute Gasteiger partial charge is 0.159 e. The summed E-state index contributed by atoms with van der Waals surface area (Å²) in [6.45, 7) is 4.09. The van der Waals surface area contributed by atoms with Gasteiger partial charge in [-0.25, -0.2) is 0 Å². The Kier molecular flexibility index (Phi) is 6.33. The van der Waals surface area contributed by atoms with Crippen LogP contribution in [0, 0.1) is 0 Å². The Morgan fingerprint density at radius 3 is 2.65 bits per heavy atom. The Bertz CT molecular complexity index is 419. The van der Waals surface area contributed by atoms with Crippen LogP contribution in [0.25, 0.3) is 0 Å². The van der Waals surface area contributed by atoms with E-state index in [9.17, 15) is 0 Å². The number of nitrogens with zero attached hydrogens (tertiary/aromatic N) is 4. The van der Waals surface area contributed by atoms with Crippen LogP contribution in [0.15, 0.2) is 29.5 Å². The quantitative estimate of drug-likeness (QED) is 0.805. The van der Waals surface area contributed by atoms with E-state index in [-0.39, 0.29) is 0 Å². The lowest BCUT2D eigenvalue weighted by molar-refractivity contribution is 0.346. The van der Waals surface area contributed by atoms with Crippen LogP contribution in [0.2, 0.25) is 0 Å². The Balaban J connectivity index is 1.97. The molecular formula is C15H24N4S. The third kappa shape index (κ3) is 5.13. The lowest BCUT2D eigenvalue weighted by Crippen LogP contribution is -2.32. The van der Waals surface area contributed by atoms with Gasteiger partial charge in [0.05, 0.1) is 0 Å². The first-order chi connectivity index (χ1) is 9.75. The summed E-state index contributed by atoms with van der Waals surface area (Å²) in [6, 6.07) is 4.18. The fourth-order valence-electron chi connectivity index (χ4n) is 2.17. The van der Waals surface area contributed by atoms with Gasteiger partial charge in [0.1, 0.15) is 0 Å². The summed E-state index contributed by atoms with van der Waals surface area (Å²) in [5.41, 5.74) is 1.30. The predicted octanol–water partition coefficient (Wildman–Crippen LogP) is 2.33. The fraction of sp³-hybridized carbons (Fsp3) is 0.600. The highest BCUT2D eigenvalue weighted by atomic mass is 32.2. The lowest BCUT2D eigenvalue weighted by atomic mass is 10.2. The average Bonchev–Trinajstić information content (AvgIpc) is 2.48. The van der Waals surface area contributed by atoms with Gasteiger partial charge in [-0.1, -0.05) is 11.8 Å². The van der Waals surface area contributed by atoms with E-state index in [2.05, 4.69) is 41.0 Å². The number of amidine groups is 1. The Morgan fingerprint density at radius 2 is 2.00 bits per heavy atom. The van der Waals surface area contributed by atoms with Crippen molar-refractivity contribution < 1.29 is 0 Å². The number of pyridine rings is 1. The minimum absolute atomic E-state index is 0.932. The highest BCUT2D eigenvalue weighted by Crippen LogP contribution is 2.18. The molecule has 0 aromatic carbocycles. The largest absolute Gasteiger partial charge is 0.347 e. The molecule has 2 heterocycles. The van der Waals surface area contributed by atoms with E-state index in [1.54, 1.807) is 0 Å². The van der Waals surface area contributed by atoms with Crippen molar-refractivity contribution in [3.05, 3.63) is 30.1 Å². The van der Waals surface area contributed by atoms with Gasteiger partial charge in [-0.3, -0.25) is 9.98 Å². The van der Waals surface area contributed by atoms with Crippen molar-refractivity contribution in [2.45, 2.75) is 19.4 Å². The molecular weight excluding hydrogens is 268 g/mol. The van der Waals surface area contributed by atoms with Gasteiger partial charge in [0.25, 0.3) is 0 Å². The normalized spacial score (nSPS) is 15.2. The average molecular weight is 292 g/mol. The van der Waals surface area contributed by atoms with Crippen molar-refractivity contribution in [2.75, 3.05) is 39.5 Å². The maximum absolute atomic E-state index is 4.70. The minimum Gasteiger partial charge on any atom is -0.347 e. The first-order valence-electron chi connectivity index (χ1n) is 7.21. The minimum atomic E-state index is 0.932. The number of thioether (sulfide) groups is 1. The Morgan fingerprint density at radius 1 is 1.20 bits per heavy atom. The standard InChI is InChI=1S/C15H24N4S/c1-18(2)10-4-11-19(15-17-7-3-12-20-15)13-14-5-8-16-9-6-14/h5-6,8-9H,3-4,7,10-13H2,1-2H3. The second-order valence-electron chi connectivity index (χ2n) is 5.30. The molecule has 0 saturated heterocycles. The van der Waals surface area contributed by atoms with Gasteiger partial charge < -0.3 is 9.80 Å². The number of aliphatic imine (C=N–C) groups is 1. The summed E-state index contributed by atoms with van der Waals surface area (Å²) in [7, 11) is 4.25. The van der Waals surface area contributed by atoms with Crippen molar-refractivity contribution in [1.82, 2.24) is 14.8 Å². The molecule has 20 heavy (non-hydrogen) atoms. The first-order valence-corrected chi connectivity index (χ1v) is 8.20. The van der Waals surface area contributed by atoms with E-state index in [1.165, 1.54) is 22.9 Å². The van der Waals surface area contributed by atoms with Crippen LogP contribution >= 0.6 is 11.8 Å². The number of aromatic nitrogens is 1. The Hall–Kier alpha value is -1.07. The van der Waals surface area contributed by atoms with Crippen molar-refractivity contribution in [1.29, 1.82) is 0 Å². The maximum Gasteiger partial charge on any atom is 0.159 e. The highest BCUT2D eigenvalue weighted by Gasteiger charge is 2.15. The van der Waals surface area contributed by atoms with E-state index in [4.69, 9.17) is 4.99 Å². The summed E-state index contributed by atoms with van der Waals surface area (Å²) in [5.74, 6) is 1.19. The zero-order valence-corrected chi connectivity index (χ0v) is 13.3. The van der Waals surface area contributed by atoms with Gasteiger partial charge >= 0.3 is 0 Å². The molecule has 0 bridgehead atoms. The summed E-state index contributed by atoms with van der Waals surface area (Å²) in [6.07, 6.45) is 6.10. The monoisotopic (exact) mass is 292 g/mol. The SMILES string of the molecule is CN(C)CCCN(Cc1ccncc1)C1=NCCCS1. The molecule has 1 aliphatic heterocycles. The molecule has 0 saturated carbocycles. The van der Waals surface area contributed by atoms with Gasteiger partial charge in [0.2, 0.25) is 0 Å². The zero-order valence-electron chi connectivity index (χ0n) is 12.5.